The van der Waals surface area contributed by atoms with Crippen molar-refractivity contribution in [1.29, 1.82) is 0 Å². The highest BCUT2D eigenvalue weighted by Gasteiger charge is 2.36. The fourth-order valence-electron chi connectivity index (χ4n) is 1.53. The van der Waals surface area contributed by atoms with Gasteiger partial charge in [-0.15, -0.1) is 5.73 Å². The minimum atomic E-state index is -1.58. The van der Waals surface area contributed by atoms with Crippen molar-refractivity contribution in [3.8, 4) is 0 Å². The van der Waals surface area contributed by atoms with Gasteiger partial charge in [0.05, 0.1) is 6.61 Å². The van der Waals surface area contributed by atoms with Gasteiger partial charge >= 0.3 is 0 Å². The second kappa shape index (κ2) is 9.58. The van der Waals surface area contributed by atoms with Crippen molar-refractivity contribution in [2.24, 2.45) is 0 Å². The SMILES string of the molecule is CCCCCCCC=C=CCO[Si](C)(C)C(C)(C)C. The van der Waals surface area contributed by atoms with Crippen LogP contribution in [0.5, 0.6) is 0 Å². The van der Waals surface area contributed by atoms with E-state index in [2.05, 4.69) is 52.6 Å². The Bertz CT molecular complexity index is 280. The van der Waals surface area contributed by atoms with E-state index in [0.29, 0.717) is 11.6 Å². The number of rotatable bonds is 9. The highest BCUT2D eigenvalue weighted by molar-refractivity contribution is 6.74. The third kappa shape index (κ3) is 9.26. The molecule has 112 valence electrons. The first kappa shape index (κ1) is 18.7. The quantitative estimate of drug-likeness (QED) is 0.283. The lowest BCUT2D eigenvalue weighted by molar-refractivity contribution is 0.328. The largest absolute Gasteiger partial charge is 0.413 e. The summed E-state index contributed by atoms with van der Waals surface area (Å²) in [6.07, 6.45) is 12.1. The molecule has 0 aliphatic heterocycles. The maximum Gasteiger partial charge on any atom is 0.192 e. The topological polar surface area (TPSA) is 9.23 Å². The van der Waals surface area contributed by atoms with Gasteiger partial charge < -0.3 is 4.43 Å². The van der Waals surface area contributed by atoms with Gasteiger partial charge in [0.1, 0.15) is 0 Å². The zero-order chi connectivity index (χ0) is 14.8. The Kier molecular flexibility index (Phi) is 9.42. The van der Waals surface area contributed by atoms with Gasteiger partial charge in [-0.05, 0) is 43.1 Å². The molecule has 0 saturated heterocycles. The van der Waals surface area contributed by atoms with Crippen molar-refractivity contribution >= 4 is 8.32 Å². The molecule has 0 aromatic rings. The van der Waals surface area contributed by atoms with Gasteiger partial charge in [-0.1, -0.05) is 53.4 Å². The Balaban J connectivity index is 3.74. The average molecular weight is 283 g/mol. The van der Waals surface area contributed by atoms with E-state index in [1.807, 2.05) is 6.08 Å². The van der Waals surface area contributed by atoms with E-state index in [0.717, 1.165) is 6.42 Å². The van der Waals surface area contributed by atoms with Gasteiger partial charge in [-0.3, -0.25) is 0 Å². The average Bonchev–Trinajstić information content (AvgIpc) is 2.30. The summed E-state index contributed by atoms with van der Waals surface area (Å²) >= 11 is 0. The molecule has 0 aromatic heterocycles. The summed E-state index contributed by atoms with van der Waals surface area (Å²) < 4.78 is 6.05. The lowest BCUT2D eigenvalue weighted by Crippen LogP contribution is -2.40. The zero-order valence-electron chi connectivity index (χ0n) is 14.0. The Morgan fingerprint density at radius 3 is 2.21 bits per heavy atom. The first-order valence-corrected chi connectivity index (χ1v) is 10.8. The van der Waals surface area contributed by atoms with Crippen molar-refractivity contribution in [1.82, 2.24) is 0 Å². The maximum atomic E-state index is 6.05. The monoisotopic (exact) mass is 282 g/mol. The van der Waals surface area contributed by atoms with Crippen LogP contribution in [0.25, 0.3) is 0 Å². The van der Waals surface area contributed by atoms with Crippen molar-refractivity contribution < 1.29 is 4.43 Å². The summed E-state index contributed by atoms with van der Waals surface area (Å²) in [5.41, 5.74) is 3.25. The molecule has 19 heavy (non-hydrogen) atoms. The highest BCUT2D eigenvalue weighted by atomic mass is 28.4. The summed E-state index contributed by atoms with van der Waals surface area (Å²) in [5, 5.41) is 0.295. The molecule has 0 amide bonds. The maximum absolute atomic E-state index is 6.05. The van der Waals surface area contributed by atoms with E-state index < -0.39 is 8.32 Å². The van der Waals surface area contributed by atoms with Crippen LogP contribution in [-0.4, -0.2) is 14.9 Å². The standard InChI is InChI=1S/C17H34OSi/c1-7-8-9-10-11-12-13-14-15-16-18-19(5,6)17(2,3)4/h13,15H,7-12,16H2,1-6H3. The second-order valence-corrected chi connectivity index (χ2v) is 11.7. The normalized spacial score (nSPS) is 12.1. The Hall–Kier alpha value is -0.303. The molecule has 0 N–H and O–H groups in total. The zero-order valence-corrected chi connectivity index (χ0v) is 15.0. The molecular weight excluding hydrogens is 248 g/mol. The van der Waals surface area contributed by atoms with Crippen LogP contribution in [-0.2, 0) is 4.43 Å². The van der Waals surface area contributed by atoms with E-state index >= 15 is 0 Å². The minimum absolute atomic E-state index is 0.295. The van der Waals surface area contributed by atoms with Crippen LogP contribution in [0, 0.1) is 0 Å². The summed E-state index contributed by atoms with van der Waals surface area (Å²) in [4.78, 5) is 0. The molecule has 0 aliphatic carbocycles. The first-order chi connectivity index (χ1) is 8.81. The summed E-state index contributed by atoms with van der Waals surface area (Å²) in [6, 6.07) is 0. The number of unbranched alkanes of at least 4 members (excludes halogenated alkanes) is 5. The summed E-state index contributed by atoms with van der Waals surface area (Å²) in [6.45, 7) is 14.4. The van der Waals surface area contributed by atoms with Gasteiger partial charge in [-0.2, -0.15) is 0 Å². The lowest BCUT2D eigenvalue weighted by atomic mass is 10.1. The first-order valence-electron chi connectivity index (χ1n) is 7.84. The van der Waals surface area contributed by atoms with Crippen LogP contribution in [0.3, 0.4) is 0 Å². The summed E-state index contributed by atoms with van der Waals surface area (Å²) in [7, 11) is -1.58. The molecule has 0 saturated carbocycles. The molecule has 0 unspecified atom stereocenters. The molecule has 0 rings (SSSR count). The van der Waals surface area contributed by atoms with E-state index in [1.54, 1.807) is 0 Å². The molecule has 1 nitrogen and oxygen atoms in total. The van der Waals surface area contributed by atoms with Crippen molar-refractivity contribution in [2.45, 2.75) is 84.4 Å². The second-order valence-electron chi connectivity index (χ2n) is 6.85. The predicted octanol–water partition coefficient (Wildman–Crippen LogP) is 6.08. The van der Waals surface area contributed by atoms with Gasteiger partial charge in [0.15, 0.2) is 8.32 Å². The van der Waals surface area contributed by atoms with E-state index in [9.17, 15) is 0 Å². The molecular formula is C17H34OSi. The predicted molar refractivity (Wildman–Crippen MR) is 89.2 cm³/mol. The van der Waals surface area contributed by atoms with Crippen LogP contribution in [0.15, 0.2) is 17.9 Å². The molecule has 0 aliphatic rings. The fraction of sp³-hybridized carbons (Fsp3) is 0.824. The van der Waals surface area contributed by atoms with Gasteiger partial charge in [0.25, 0.3) is 0 Å². The molecule has 0 bridgehead atoms. The van der Waals surface area contributed by atoms with Gasteiger partial charge in [-0.25, -0.2) is 0 Å². The molecule has 0 fully saturated rings. The van der Waals surface area contributed by atoms with Crippen LogP contribution in [0.4, 0.5) is 0 Å². The Morgan fingerprint density at radius 1 is 1.00 bits per heavy atom. The van der Waals surface area contributed by atoms with Gasteiger partial charge in [0, 0.05) is 0 Å². The number of hydrogen-bond donors (Lipinski definition) is 0. The van der Waals surface area contributed by atoms with Gasteiger partial charge in [0.2, 0.25) is 0 Å². The molecule has 2 heteroatoms. The van der Waals surface area contributed by atoms with E-state index in [1.165, 1.54) is 32.1 Å². The summed E-state index contributed by atoms with van der Waals surface area (Å²) in [5.74, 6) is 0. The highest BCUT2D eigenvalue weighted by Crippen LogP contribution is 2.36. The molecule has 0 heterocycles. The van der Waals surface area contributed by atoms with Crippen LogP contribution < -0.4 is 0 Å². The third-order valence-electron chi connectivity index (χ3n) is 4.02. The Morgan fingerprint density at radius 2 is 1.63 bits per heavy atom. The van der Waals surface area contributed by atoms with Crippen molar-refractivity contribution in [2.75, 3.05) is 6.61 Å². The molecule has 0 atom stereocenters. The Labute approximate surface area is 122 Å². The van der Waals surface area contributed by atoms with Crippen LogP contribution in [0.1, 0.15) is 66.2 Å². The van der Waals surface area contributed by atoms with E-state index in [-0.39, 0.29) is 0 Å². The minimum Gasteiger partial charge on any atom is -0.413 e. The number of hydrogen-bond acceptors (Lipinski definition) is 1. The van der Waals surface area contributed by atoms with Crippen molar-refractivity contribution in [3.05, 3.63) is 17.9 Å². The van der Waals surface area contributed by atoms with Crippen LogP contribution >= 0.6 is 0 Å². The van der Waals surface area contributed by atoms with Crippen molar-refractivity contribution in [3.63, 3.8) is 0 Å². The molecule has 0 aromatic carbocycles. The smallest absolute Gasteiger partial charge is 0.192 e. The molecule has 0 radical (unpaired) electrons. The fourth-order valence-corrected chi connectivity index (χ4v) is 2.46. The van der Waals surface area contributed by atoms with Crippen LogP contribution in [0.2, 0.25) is 18.1 Å². The lowest BCUT2D eigenvalue weighted by Gasteiger charge is -2.35. The molecule has 0 spiro atoms. The van der Waals surface area contributed by atoms with E-state index in [4.69, 9.17) is 4.43 Å². The third-order valence-corrected chi connectivity index (χ3v) is 8.52.